The van der Waals surface area contributed by atoms with Crippen LogP contribution < -0.4 is 0 Å². The molecule has 4 nitrogen and oxygen atoms in total. The number of nitrogens with zero attached hydrogens (tertiary/aromatic N) is 3. The second kappa shape index (κ2) is 4.30. The first-order chi connectivity index (χ1) is 8.15. The lowest BCUT2D eigenvalue weighted by atomic mass is 10.1. The van der Waals surface area contributed by atoms with E-state index in [2.05, 4.69) is 17.7 Å². The van der Waals surface area contributed by atoms with E-state index < -0.39 is 0 Å². The molecule has 0 aliphatic carbocycles. The van der Waals surface area contributed by atoms with E-state index in [1.807, 2.05) is 26.2 Å². The van der Waals surface area contributed by atoms with Gasteiger partial charge in [-0.15, -0.1) is 0 Å². The monoisotopic (exact) mass is 227 g/mol. The maximum absolute atomic E-state index is 9.11. The molecule has 0 fully saturated rings. The zero-order valence-corrected chi connectivity index (χ0v) is 9.90. The Balaban J connectivity index is 2.60. The molecule has 17 heavy (non-hydrogen) atoms. The maximum atomic E-state index is 9.11. The zero-order valence-electron chi connectivity index (χ0n) is 9.90. The third-order valence-corrected chi connectivity index (χ3v) is 2.48. The van der Waals surface area contributed by atoms with Crippen LogP contribution in [0.25, 0.3) is 16.7 Å². The molecule has 0 aliphatic rings. The van der Waals surface area contributed by atoms with Crippen molar-refractivity contribution in [2.24, 2.45) is 7.05 Å². The lowest BCUT2D eigenvalue weighted by Gasteiger charge is -2.07. The molecule has 0 aliphatic heterocycles. The van der Waals surface area contributed by atoms with Crippen molar-refractivity contribution in [3.8, 4) is 6.07 Å². The highest BCUT2D eigenvalue weighted by Gasteiger charge is 2.09. The van der Waals surface area contributed by atoms with Crippen LogP contribution in [-0.2, 0) is 11.8 Å². The summed E-state index contributed by atoms with van der Waals surface area (Å²) in [6.45, 7) is 6.31. The van der Waals surface area contributed by atoms with Crippen molar-refractivity contribution < 1.29 is 4.74 Å². The summed E-state index contributed by atoms with van der Waals surface area (Å²) in [6, 6.07) is 5.84. The van der Waals surface area contributed by atoms with Gasteiger partial charge in [-0.3, -0.25) is 4.68 Å². The summed E-state index contributed by atoms with van der Waals surface area (Å²) in [7, 11) is 1.83. The summed E-state index contributed by atoms with van der Waals surface area (Å²) in [5.74, 6) is 0.578. The fourth-order valence-corrected chi connectivity index (χ4v) is 1.76. The van der Waals surface area contributed by atoms with Gasteiger partial charge >= 0.3 is 0 Å². The molecule has 0 saturated carbocycles. The molecule has 0 spiro atoms. The Morgan fingerprint density at radius 3 is 3.00 bits per heavy atom. The van der Waals surface area contributed by atoms with E-state index in [0.29, 0.717) is 23.4 Å². The van der Waals surface area contributed by atoms with Crippen LogP contribution >= 0.6 is 0 Å². The minimum atomic E-state index is 0.541. The highest BCUT2D eigenvalue weighted by atomic mass is 16.5. The number of nitriles is 1. The van der Waals surface area contributed by atoms with E-state index in [9.17, 15) is 0 Å². The van der Waals surface area contributed by atoms with Crippen LogP contribution in [0.2, 0.25) is 0 Å². The first kappa shape index (κ1) is 11.2. The van der Waals surface area contributed by atoms with E-state index in [0.717, 1.165) is 10.9 Å². The van der Waals surface area contributed by atoms with Gasteiger partial charge in [0, 0.05) is 24.2 Å². The summed E-state index contributed by atoms with van der Waals surface area (Å²) in [4.78, 5) is 0. The molecule has 2 aromatic rings. The van der Waals surface area contributed by atoms with E-state index in [-0.39, 0.29) is 0 Å². The summed E-state index contributed by atoms with van der Waals surface area (Å²) >= 11 is 0. The van der Waals surface area contributed by atoms with Gasteiger partial charge in [-0.05, 0) is 19.1 Å². The van der Waals surface area contributed by atoms with Gasteiger partial charge in [0.2, 0.25) is 0 Å². The first-order valence-electron chi connectivity index (χ1n) is 5.35. The van der Waals surface area contributed by atoms with Gasteiger partial charge in [0.15, 0.2) is 0 Å². The normalized spacial score (nSPS) is 10.2. The number of rotatable bonds is 3. The molecule has 4 heteroatoms. The quantitative estimate of drug-likeness (QED) is 0.757. The minimum Gasteiger partial charge on any atom is -0.494 e. The number of fused-ring (bicyclic) bond motifs is 1. The van der Waals surface area contributed by atoms with Gasteiger partial charge in [0.05, 0.1) is 12.2 Å². The first-order valence-corrected chi connectivity index (χ1v) is 5.35. The summed E-state index contributed by atoms with van der Waals surface area (Å²) in [5, 5.41) is 14.3. The molecule has 0 radical (unpaired) electrons. The molecule has 0 unspecified atom stereocenters. The lowest BCUT2D eigenvalue weighted by Crippen LogP contribution is -1.91. The highest BCUT2D eigenvalue weighted by molar-refractivity contribution is 5.87. The maximum Gasteiger partial charge on any atom is 0.119 e. The molecule has 0 amide bonds. The highest BCUT2D eigenvalue weighted by Crippen LogP contribution is 2.23. The van der Waals surface area contributed by atoms with Gasteiger partial charge in [-0.2, -0.15) is 10.4 Å². The third-order valence-electron chi connectivity index (χ3n) is 2.48. The number of hydrogen-bond donors (Lipinski definition) is 0. The predicted octanol–water partition coefficient (Wildman–Crippen LogP) is 2.45. The number of aromatic nitrogens is 2. The summed E-state index contributed by atoms with van der Waals surface area (Å²) in [6.07, 6.45) is 1.87. The second-order valence-electron chi connectivity index (χ2n) is 3.73. The number of benzene rings is 1. The van der Waals surface area contributed by atoms with Crippen molar-refractivity contribution in [1.82, 2.24) is 9.78 Å². The van der Waals surface area contributed by atoms with Crippen molar-refractivity contribution >= 4 is 16.7 Å². The Morgan fingerprint density at radius 2 is 2.35 bits per heavy atom. The molecule has 0 bridgehead atoms. The SMILES string of the molecule is C=C(OCC)c1cc(C#N)c2nn(C)cc2c1. The lowest BCUT2D eigenvalue weighted by molar-refractivity contribution is 0.299. The van der Waals surface area contributed by atoms with Gasteiger partial charge in [-0.1, -0.05) is 6.58 Å². The van der Waals surface area contributed by atoms with E-state index in [1.54, 1.807) is 10.7 Å². The van der Waals surface area contributed by atoms with Gasteiger partial charge in [0.1, 0.15) is 17.3 Å². The largest absolute Gasteiger partial charge is 0.494 e. The molecular formula is C13H13N3O. The minimum absolute atomic E-state index is 0.541. The Morgan fingerprint density at radius 1 is 1.59 bits per heavy atom. The van der Waals surface area contributed by atoms with Crippen LogP contribution in [0.4, 0.5) is 0 Å². The topological polar surface area (TPSA) is 50.8 Å². The Bertz CT molecular complexity index is 619. The van der Waals surface area contributed by atoms with Crippen molar-refractivity contribution in [2.75, 3.05) is 6.61 Å². The molecule has 2 rings (SSSR count). The number of hydrogen-bond acceptors (Lipinski definition) is 3. The molecule has 0 N–H and O–H groups in total. The molecular weight excluding hydrogens is 214 g/mol. The molecule has 1 heterocycles. The van der Waals surface area contributed by atoms with Crippen LogP contribution in [-0.4, -0.2) is 16.4 Å². The molecule has 0 atom stereocenters. The third kappa shape index (κ3) is 2.00. The van der Waals surface area contributed by atoms with E-state index >= 15 is 0 Å². The van der Waals surface area contributed by atoms with Crippen LogP contribution in [0.1, 0.15) is 18.1 Å². The molecule has 86 valence electrons. The predicted molar refractivity (Wildman–Crippen MR) is 66.1 cm³/mol. The molecule has 1 aromatic heterocycles. The standard InChI is InChI=1S/C13H13N3O/c1-4-17-9(2)10-5-11(7-14)13-12(6-10)8-16(3)15-13/h5-6,8H,2,4H2,1,3H3. The van der Waals surface area contributed by atoms with Crippen molar-refractivity contribution in [3.63, 3.8) is 0 Å². The van der Waals surface area contributed by atoms with Crippen molar-refractivity contribution in [1.29, 1.82) is 5.26 Å². The van der Waals surface area contributed by atoms with Gasteiger partial charge in [-0.25, -0.2) is 0 Å². The van der Waals surface area contributed by atoms with Crippen molar-refractivity contribution in [2.45, 2.75) is 6.92 Å². The number of ether oxygens (including phenoxy) is 1. The fourth-order valence-electron chi connectivity index (χ4n) is 1.76. The summed E-state index contributed by atoms with van der Waals surface area (Å²) in [5.41, 5.74) is 2.07. The van der Waals surface area contributed by atoms with Crippen LogP contribution in [0.5, 0.6) is 0 Å². The van der Waals surface area contributed by atoms with Crippen LogP contribution in [0.3, 0.4) is 0 Å². The van der Waals surface area contributed by atoms with E-state index in [1.165, 1.54) is 0 Å². The van der Waals surface area contributed by atoms with Crippen LogP contribution in [0.15, 0.2) is 24.9 Å². The Hall–Kier alpha value is -2.28. The average Bonchev–Trinajstić information content (AvgIpc) is 2.68. The molecule has 0 saturated heterocycles. The summed E-state index contributed by atoms with van der Waals surface area (Å²) < 4.78 is 7.05. The fraction of sp³-hybridized carbons (Fsp3) is 0.231. The Kier molecular flexibility index (Phi) is 2.84. The second-order valence-corrected chi connectivity index (χ2v) is 3.73. The van der Waals surface area contributed by atoms with Gasteiger partial charge < -0.3 is 4.74 Å². The van der Waals surface area contributed by atoms with Crippen LogP contribution in [0, 0.1) is 11.3 Å². The average molecular weight is 227 g/mol. The number of aryl methyl sites for hydroxylation is 1. The Labute approximate surface area is 99.7 Å². The smallest absolute Gasteiger partial charge is 0.119 e. The van der Waals surface area contributed by atoms with Crippen molar-refractivity contribution in [3.05, 3.63) is 36.0 Å². The van der Waals surface area contributed by atoms with Gasteiger partial charge in [0.25, 0.3) is 0 Å². The van der Waals surface area contributed by atoms with E-state index in [4.69, 9.17) is 10.00 Å². The molecule has 1 aromatic carbocycles. The zero-order chi connectivity index (χ0) is 12.4.